The van der Waals surface area contributed by atoms with Gasteiger partial charge >= 0.3 is 6.09 Å². The van der Waals surface area contributed by atoms with Gasteiger partial charge in [0, 0.05) is 25.1 Å². The van der Waals surface area contributed by atoms with Gasteiger partial charge in [-0.05, 0) is 50.1 Å². The number of amides is 3. The maximum atomic E-state index is 14.2. The number of hydrogen-bond acceptors (Lipinski definition) is 6. The highest BCUT2D eigenvalue weighted by Crippen LogP contribution is 2.30. The molecule has 0 aliphatic carbocycles. The molecule has 2 unspecified atom stereocenters. The molecule has 0 bridgehead atoms. The second-order valence-corrected chi connectivity index (χ2v) is 10.5. The fourth-order valence-corrected chi connectivity index (χ4v) is 4.23. The van der Waals surface area contributed by atoms with Gasteiger partial charge in [-0.1, -0.05) is 66.7 Å². The Morgan fingerprint density at radius 1 is 0.927 bits per heavy atom. The monoisotopic (exact) mass is 559 g/mol. The summed E-state index contributed by atoms with van der Waals surface area (Å²) in [6.07, 6.45) is 0.715. The maximum Gasteiger partial charge on any atom is 0.408 e. The predicted octanol–water partition coefficient (Wildman–Crippen LogP) is 4.61. The summed E-state index contributed by atoms with van der Waals surface area (Å²) in [5, 5.41) is 26.0. The van der Waals surface area contributed by atoms with Crippen molar-refractivity contribution in [2.75, 3.05) is 6.54 Å². The molecule has 0 saturated carbocycles. The number of ether oxygens (including phenoxy) is 1. The summed E-state index contributed by atoms with van der Waals surface area (Å²) in [7, 11) is 0. The number of nitrogens with zero attached hydrogens (tertiary/aromatic N) is 1. The minimum Gasteiger partial charge on any atom is -0.508 e. The van der Waals surface area contributed by atoms with Crippen LogP contribution in [0.2, 0.25) is 0 Å². The molecular formula is C32H37N3O6. The van der Waals surface area contributed by atoms with Crippen LogP contribution in [0, 0.1) is 0 Å². The van der Waals surface area contributed by atoms with Crippen LogP contribution in [0.4, 0.5) is 4.79 Å². The number of phenolic OH excluding ortho intramolecular Hbond substituents is 2. The van der Waals surface area contributed by atoms with E-state index in [1.165, 1.54) is 29.2 Å². The molecular weight excluding hydrogens is 522 g/mol. The van der Waals surface area contributed by atoms with E-state index in [0.29, 0.717) is 5.56 Å². The van der Waals surface area contributed by atoms with Gasteiger partial charge in [0.05, 0.1) is 0 Å². The minimum absolute atomic E-state index is 0.0468. The van der Waals surface area contributed by atoms with E-state index < -0.39 is 35.6 Å². The van der Waals surface area contributed by atoms with Crippen molar-refractivity contribution in [3.8, 4) is 11.5 Å². The third kappa shape index (κ3) is 9.13. The van der Waals surface area contributed by atoms with Gasteiger partial charge in [0.1, 0.15) is 29.2 Å². The number of phenols is 2. The molecule has 3 aromatic carbocycles. The van der Waals surface area contributed by atoms with Gasteiger partial charge in [0.2, 0.25) is 11.8 Å². The number of alkyl carbamates (subject to hydrolysis) is 1. The summed E-state index contributed by atoms with van der Waals surface area (Å²) in [6.45, 7) is 9.03. The van der Waals surface area contributed by atoms with Crippen LogP contribution >= 0.6 is 0 Å². The Labute approximate surface area is 240 Å². The van der Waals surface area contributed by atoms with Crippen molar-refractivity contribution >= 4 is 17.9 Å². The van der Waals surface area contributed by atoms with Crippen LogP contribution in [0.5, 0.6) is 11.5 Å². The molecule has 0 aromatic heterocycles. The van der Waals surface area contributed by atoms with Crippen molar-refractivity contribution in [2.45, 2.75) is 51.4 Å². The highest BCUT2D eigenvalue weighted by molar-refractivity contribution is 5.92. The van der Waals surface area contributed by atoms with Gasteiger partial charge in [0.15, 0.2) is 0 Å². The molecule has 0 aliphatic heterocycles. The highest BCUT2D eigenvalue weighted by atomic mass is 16.6. The Kier molecular flexibility index (Phi) is 10.5. The van der Waals surface area contributed by atoms with Gasteiger partial charge in [-0.3, -0.25) is 9.59 Å². The normalized spacial score (nSPS) is 12.5. The summed E-state index contributed by atoms with van der Waals surface area (Å²) >= 11 is 0. The maximum absolute atomic E-state index is 14.2. The first-order valence-electron chi connectivity index (χ1n) is 13.3. The lowest BCUT2D eigenvalue weighted by molar-refractivity contribution is -0.142. The van der Waals surface area contributed by atoms with Crippen LogP contribution in [0.25, 0.3) is 0 Å². The molecule has 3 amide bonds. The standard InChI is InChI=1S/C32H37N3O6/c1-5-19-35(28(25-13-9-10-14-27(25)37)29(38)33-21-23-11-7-6-8-12-23)30(39)26(34-31(40)41-32(2,3)4)20-22-15-17-24(36)18-16-22/h5-18,26,28,36-37H,1,19-21H2,2-4H3,(H,33,38)(H,34,40). The highest BCUT2D eigenvalue weighted by Gasteiger charge is 2.37. The van der Waals surface area contributed by atoms with Crippen molar-refractivity contribution in [1.29, 1.82) is 0 Å². The molecule has 4 N–H and O–H groups in total. The van der Waals surface area contributed by atoms with Crippen LogP contribution in [0.15, 0.2) is 91.5 Å². The summed E-state index contributed by atoms with van der Waals surface area (Å²) in [5.41, 5.74) is 0.916. The summed E-state index contributed by atoms with van der Waals surface area (Å²) < 4.78 is 5.41. The third-order valence-electron chi connectivity index (χ3n) is 6.08. The Morgan fingerprint density at radius 3 is 2.17 bits per heavy atom. The molecule has 216 valence electrons. The first kappa shape index (κ1) is 30.7. The van der Waals surface area contributed by atoms with Crippen molar-refractivity contribution in [1.82, 2.24) is 15.5 Å². The third-order valence-corrected chi connectivity index (χ3v) is 6.08. The smallest absolute Gasteiger partial charge is 0.408 e. The van der Waals surface area contributed by atoms with E-state index in [0.717, 1.165) is 5.56 Å². The van der Waals surface area contributed by atoms with Crippen LogP contribution in [-0.2, 0) is 27.3 Å². The lowest BCUT2D eigenvalue weighted by Crippen LogP contribution is -2.53. The van der Waals surface area contributed by atoms with E-state index in [9.17, 15) is 24.6 Å². The van der Waals surface area contributed by atoms with E-state index >= 15 is 0 Å². The number of nitrogens with one attached hydrogen (secondary N) is 2. The first-order chi connectivity index (χ1) is 19.5. The molecule has 0 radical (unpaired) electrons. The number of rotatable bonds is 11. The van der Waals surface area contributed by atoms with E-state index in [1.54, 1.807) is 51.1 Å². The van der Waals surface area contributed by atoms with Crippen LogP contribution in [0.1, 0.15) is 43.5 Å². The fourth-order valence-electron chi connectivity index (χ4n) is 4.23. The molecule has 2 atom stereocenters. The van der Waals surface area contributed by atoms with Crippen molar-refractivity contribution < 1.29 is 29.3 Å². The van der Waals surface area contributed by atoms with Gasteiger partial charge in [-0.2, -0.15) is 0 Å². The molecule has 3 rings (SSSR count). The van der Waals surface area contributed by atoms with Crippen LogP contribution in [0.3, 0.4) is 0 Å². The number of carbonyl (C=O) groups is 3. The topological polar surface area (TPSA) is 128 Å². The number of para-hydroxylation sites is 1. The van der Waals surface area contributed by atoms with Gasteiger partial charge < -0.3 is 30.5 Å². The molecule has 9 heteroatoms. The predicted molar refractivity (Wildman–Crippen MR) is 156 cm³/mol. The Bertz CT molecular complexity index is 1340. The van der Waals surface area contributed by atoms with E-state index in [4.69, 9.17) is 4.74 Å². The summed E-state index contributed by atoms with van der Waals surface area (Å²) in [4.78, 5) is 42.0. The Balaban J connectivity index is 2.00. The second kappa shape index (κ2) is 14.0. The zero-order valence-electron chi connectivity index (χ0n) is 23.5. The molecule has 0 aliphatic rings. The number of hydrogen-bond donors (Lipinski definition) is 4. The fraction of sp³-hybridized carbons (Fsp3) is 0.281. The number of carbonyl (C=O) groups excluding carboxylic acids is 3. The molecule has 9 nitrogen and oxygen atoms in total. The van der Waals surface area contributed by atoms with Gasteiger partial charge in [-0.25, -0.2) is 4.79 Å². The van der Waals surface area contributed by atoms with Crippen molar-refractivity contribution in [3.05, 3.63) is 108 Å². The largest absolute Gasteiger partial charge is 0.508 e. The molecule has 0 spiro atoms. The summed E-state index contributed by atoms with van der Waals surface area (Å²) in [5.74, 6) is -1.22. The molecule has 0 fully saturated rings. The zero-order chi connectivity index (χ0) is 30.0. The Morgan fingerprint density at radius 2 is 1.56 bits per heavy atom. The van der Waals surface area contributed by atoms with Crippen molar-refractivity contribution in [2.24, 2.45) is 0 Å². The van der Waals surface area contributed by atoms with Gasteiger partial charge in [-0.15, -0.1) is 6.58 Å². The second-order valence-electron chi connectivity index (χ2n) is 10.5. The minimum atomic E-state index is -1.24. The average molecular weight is 560 g/mol. The van der Waals surface area contributed by atoms with Crippen molar-refractivity contribution in [3.63, 3.8) is 0 Å². The average Bonchev–Trinajstić information content (AvgIpc) is 2.92. The van der Waals surface area contributed by atoms with Crippen LogP contribution < -0.4 is 10.6 Å². The number of benzene rings is 3. The quantitative estimate of drug-likeness (QED) is 0.254. The summed E-state index contributed by atoms with van der Waals surface area (Å²) in [6, 6.07) is 19.4. The lowest BCUT2D eigenvalue weighted by Gasteiger charge is -2.34. The van der Waals surface area contributed by atoms with E-state index in [2.05, 4.69) is 17.2 Å². The molecule has 0 heterocycles. The molecule has 41 heavy (non-hydrogen) atoms. The molecule has 0 saturated heterocycles. The zero-order valence-corrected chi connectivity index (χ0v) is 23.5. The van der Waals surface area contributed by atoms with Crippen LogP contribution in [-0.4, -0.2) is 51.2 Å². The van der Waals surface area contributed by atoms with E-state index in [1.807, 2.05) is 30.3 Å². The SMILES string of the molecule is C=CCN(C(=O)C(Cc1ccc(O)cc1)NC(=O)OC(C)(C)C)C(C(=O)NCc1ccccc1)c1ccccc1O. The Hall–Kier alpha value is -4.79. The lowest BCUT2D eigenvalue weighted by atomic mass is 9.99. The van der Waals surface area contributed by atoms with E-state index in [-0.39, 0.29) is 36.6 Å². The van der Waals surface area contributed by atoms with Gasteiger partial charge in [0.25, 0.3) is 0 Å². The molecule has 3 aromatic rings. The number of aromatic hydroxyl groups is 2. The first-order valence-corrected chi connectivity index (χ1v) is 13.3.